The SMILES string of the molecule is Cc1cccc(C(C)CNC(=NCc2nnc(C)n2C)NCCCN(C)c2ccccc2)c1. The van der Waals surface area contributed by atoms with E-state index in [9.17, 15) is 0 Å². The molecule has 2 N–H and O–H groups in total. The first-order valence-corrected chi connectivity index (χ1v) is 11.6. The van der Waals surface area contributed by atoms with Gasteiger partial charge in [0.25, 0.3) is 0 Å². The summed E-state index contributed by atoms with van der Waals surface area (Å²) in [7, 11) is 4.10. The molecular formula is C26H37N7. The Hall–Kier alpha value is -3.35. The topological polar surface area (TPSA) is 70.4 Å². The predicted octanol–water partition coefficient (Wildman–Crippen LogP) is 3.80. The van der Waals surface area contributed by atoms with Gasteiger partial charge in [-0.25, -0.2) is 4.99 Å². The number of hydrogen-bond donors (Lipinski definition) is 2. The highest BCUT2D eigenvalue weighted by atomic mass is 15.3. The van der Waals surface area contributed by atoms with E-state index in [1.165, 1.54) is 16.8 Å². The zero-order valence-electron chi connectivity index (χ0n) is 20.5. The molecule has 1 heterocycles. The third kappa shape index (κ3) is 7.34. The Bertz CT molecular complexity index is 1030. The molecule has 0 saturated carbocycles. The van der Waals surface area contributed by atoms with Gasteiger partial charge >= 0.3 is 0 Å². The molecule has 0 radical (unpaired) electrons. The van der Waals surface area contributed by atoms with Crippen molar-refractivity contribution < 1.29 is 0 Å². The Kier molecular flexibility index (Phi) is 8.87. The molecule has 7 nitrogen and oxygen atoms in total. The van der Waals surface area contributed by atoms with Crippen molar-refractivity contribution >= 4 is 11.6 Å². The fraction of sp³-hybridized carbons (Fsp3) is 0.423. The first kappa shape index (κ1) is 24.3. The van der Waals surface area contributed by atoms with E-state index in [0.717, 1.165) is 43.7 Å². The number of para-hydroxylation sites is 1. The molecule has 0 aliphatic heterocycles. The molecule has 2 aromatic carbocycles. The van der Waals surface area contributed by atoms with E-state index >= 15 is 0 Å². The number of guanidine groups is 1. The van der Waals surface area contributed by atoms with Gasteiger partial charge in [0.05, 0.1) is 0 Å². The van der Waals surface area contributed by atoms with E-state index in [1.54, 1.807) is 0 Å². The molecule has 0 saturated heterocycles. The summed E-state index contributed by atoms with van der Waals surface area (Å²) in [5, 5.41) is 15.4. The average Bonchev–Trinajstić information content (AvgIpc) is 3.15. The lowest BCUT2D eigenvalue weighted by Crippen LogP contribution is -2.40. The molecule has 0 fully saturated rings. The summed E-state index contributed by atoms with van der Waals surface area (Å²) >= 11 is 0. The Labute approximate surface area is 198 Å². The largest absolute Gasteiger partial charge is 0.375 e. The maximum absolute atomic E-state index is 4.78. The van der Waals surface area contributed by atoms with Crippen LogP contribution in [-0.2, 0) is 13.6 Å². The second-order valence-corrected chi connectivity index (χ2v) is 8.62. The standard InChI is InChI=1S/C26H37N7/c1-20-11-9-12-23(17-20)21(2)18-28-26(29-19-25-31-30-22(3)33(25)5)27-15-10-16-32(4)24-13-7-6-8-14-24/h6-9,11-14,17,21H,10,15-16,18-19H2,1-5H3,(H2,27,28,29). The summed E-state index contributed by atoms with van der Waals surface area (Å²) in [5.41, 5.74) is 3.84. The quantitative estimate of drug-likeness (QED) is 0.281. The van der Waals surface area contributed by atoms with Crippen LogP contribution in [0.4, 0.5) is 5.69 Å². The second kappa shape index (κ2) is 12.0. The van der Waals surface area contributed by atoms with Crippen LogP contribution in [-0.4, -0.2) is 47.4 Å². The molecule has 0 amide bonds. The monoisotopic (exact) mass is 447 g/mol. The highest BCUT2D eigenvalue weighted by Gasteiger charge is 2.09. The molecule has 1 atom stereocenters. The summed E-state index contributed by atoms with van der Waals surface area (Å²) in [4.78, 5) is 7.06. The Balaban J connectivity index is 1.57. The molecule has 176 valence electrons. The molecule has 33 heavy (non-hydrogen) atoms. The number of anilines is 1. The van der Waals surface area contributed by atoms with Crippen molar-refractivity contribution in [3.05, 3.63) is 77.4 Å². The number of aromatic nitrogens is 3. The van der Waals surface area contributed by atoms with Crippen molar-refractivity contribution in [3.8, 4) is 0 Å². The first-order valence-electron chi connectivity index (χ1n) is 11.6. The van der Waals surface area contributed by atoms with Crippen LogP contribution in [0.5, 0.6) is 0 Å². The number of nitrogens with zero attached hydrogens (tertiary/aromatic N) is 5. The van der Waals surface area contributed by atoms with Crippen LogP contribution in [0.15, 0.2) is 59.6 Å². The maximum atomic E-state index is 4.78. The molecule has 0 bridgehead atoms. The minimum atomic E-state index is 0.373. The van der Waals surface area contributed by atoms with Crippen LogP contribution in [0.25, 0.3) is 0 Å². The molecular weight excluding hydrogens is 410 g/mol. The van der Waals surface area contributed by atoms with Gasteiger partial charge in [0.2, 0.25) is 0 Å². The van der Waals surface area contributed by atoms with E-state index in [-0.39, 0.29) is 0 Å². The van der Waals surface area contributed by atoms with Crippen LogP contribution in [0.2, 0.25) is 0 Å². The Morgan fingerprint density at radius 2 is 1.85 bits per heavy atom. The van der Waals surface area contributed by atoms with Gasteiger partial charge in [0, 0.05) is 39.4 Å². The Morgan fingerprint density at radius 3 is 2.55 bits per heavy atom. The number of aliphatic imine (C=N–C) groups is 1. The molecule has 7 heteroatoms. The van der Waals surface area contributed by atoms with Gasteiger partial charge in [0.1, 0.15) is 12.4 Å². The fourth-order valence-electron chi connectivity index (χ4n) is 3.59. The van der Waals surface area contributed by atoms with Crippen LogP contribution in [0.1, 0.15) is 42.0 Å². The average molecular weight is 448 g/mol. The lowest BCUT2D eigenvalue weighted by molar-refractivity contribution is 0.678. The highest BCUT2D eigenvalue weighted by Crippen LogP contribution is 2.15. The van der Waals surface area contributed by atoms with E-state index in [4.69, 9.17) is 4.99 Å². The van der Waals surface area contributed by atoms with E-state index in [0.29, 0.717) is 12.5 Å². The van der Waals surface area contributed by atoms with E-state index in [1.807, 2.05) is 24.6 Å². The van der Waals surface area contributed by atoms with E-state index in [2.05, 4.69) is 95.2 Å². The van der Waals surface area contributed by atoms with Crippen molar-refractivity contribution in [1.82, 2.24) is 25.4 Å². The van der Waals surface area contributed by atoms with Crippen LogP contribution in [0.3, 0.4) is 0 Å². The van der Waals surface area contributed by atoms with Crippen molar-refractivity contribution in [2.45, 2.75) is 39.7 Å². The molecule has 3 aromatic rings. The van der Waals surface area contributed by atoms with Gasteiger partial charge in [-0.2, -0.15) is 0 Å². The molecule has 0 spiro atoms. The van der Waals surface area contributed by atoms with E-state index < -0.39 is 0 Å². The van der Waals surface area contributed by atoms with Crippen LogP contribution < -0.4 is 15.5 Å². The molecule has 1 aromatic heterocycles. The van der Waals surface area contributed by atoms with Gasteiger partial charge in [-0.15, -0.1) is 10.2 Å². The number of nitrogens with one attached hydrogen (secondary N) is 2. The summed E-state index contributed by atoms with van der Waals surface area (Å²) in [6.45, 7) is 9.40. The van der Waals surface area contributed by atoms with Crippen LogP contribution >= 0.6 is 0 Å². The van der Waals surface area contributed by atoms with Gasteiger partial charge < -0.3 is 20.1 Å². The van der Waals surface area contributed by atoms with Gasteiger partial charge in [-0.05, 0) is 43.9 Å². The smallest absolute Gasteiger partial charge is 0.191 e. The van der Waals surface area contributed by atoms with Crippen molar-refractivity contribution in [2.24, 2.45) is 12.0 Å². The fourth-order valence-corrected chi connectivity index (χ4v) is 3.59. The summed E-state index contributed by atoms with van der Waals surface area (Å²) in [6.07, 6.45) is 1.00. The molecule has 0 aliphatic carbocycles. The highest BCUT2D eigenvalue weighted by molar-refractivity contribution is 5.79. The van der Waals surface area contributed by atoms with Gasteiger partial charge in [-0.3, -0.25) is 0 Å². The molecule has 0 aliphatic rings. The third-order valence-electron chi connectivity index (χ3n) is 5.91. The number of hydrogen-bond acceptors (Lipinski definition) is 4. The lowest BCUT2D eigenvalue weighted by atomic mass is 9.99. The van der Waals surface area contributed by atoms with Crippen molar-refractivity contribution in [2.75, 3.05) is 31.6 Å². The maximum Gasteiger partial charge on any atom is 0.191 e. The predicted molar refractivity (Wildman–Crippen MR) is 137 cm³/mol. The normalized spacial score (nSPS) is 12.5. The second-order valence-electron chi connectivity index (χ2n) is 8.62. The van der Waals surface area contributed by atoms with Crippen molar-refractivity contribution in [3.63, 3.8) is 0 Å². The molecule has 3 rings (SSSR count). The first-order chi connectivity index (χ1) is 15.9. The molecule has 1 unspecified atom stereocenters. The summed E-state index contributed by atoms with van der Waals surface area (Å²) in [5.74, 6) is 2.92. The van der Waals surface area contributed by atoms with Gasteiger partial charge in [-0.1, -0.05) is 55.0 Å². The minimum absolute atomic E-state index is 0.373. The van der Waals surface area contributed by atoms with Crippen molar-refractivity contribution in [1.29, 1.82) is 0 Å². The summed E-state index contributed by atoms with van der Waals surface area (Å²) < 4.78 is 1.98. The number of benzene rings is 2. The van der Waals surface area contributed by atoms with Crippen LogP contribution in [0, 0.1) is 13.8 Å². The Morgan fingerprint density at radius 1 is 1.06 bits per heavy atom. The number of rotatable bonds is 10. The minimum Gasteiger partial charge on any atom is -0.375 e. The zero-order chi connectivity index (χ0) is 23.6. The third-order valence-corrected chi connectivity index (χ3v) is 5.91. The summed E-state index contributed by atoms with van der Waals surface area (Å²) in [6, 6.07) is 19.1. The van der Waals surface area contributed by atoms with Gasteiger partial charge in [0.15, 0.2) is 11.8 Å². The lowest BCUT2D eigenvalue weighted by Gasteiger charge is -2.20. The number of aryl methyl sites for hydroxylation is 2. The zero-order valence-corrected chi connectivity index (χ0v) is 20.5.